The fourth-order valence-corrected chi connectivity index (χ4v) is 3.67. The first-order valence-corrected chi connectivity index (χ1v) is 7.06. The lowest BCUT2D eigenvalue weighted by atomic mass is 9.70. The van der Waals surface area contributed by atoms with Crippen molar-refractivity contribution in [3.05, 3.63) is 0 Å². The molecule has 0 N–H and O–H groups in total. The van der Waals surface area contributed by atoms with Crippen molar-refractivity contribution >= 4 is 11.7 Å². The summed E-state index contributed by atoms with van der Waals surface area (Å²) in [5.41, 5.74) is 1.74. The predicted molar refractivity (Wildman–Crippen MR) is 72.8 cm³/mol. The molecule has 0 aromatic rings. The number of rotatable bonds is 3. The Morgan fingerprint density at radius 3 is 2.61 bits per heavy atom. The van der Waals surface area contributed by atoms with Gasteiger partial charge in [-0.05, 0) is 44.4 Å². The highest BCUT2D eigenvalue weighted by atomic mass is 16.5. The largest absolute Gasteiger partial charge is 0.464 e. The van der Waals surface area contributed by atoms with Crippen LogP contribution in [0.4, 0.5) is 0 Å². The van der Waals surface area contributed by atoms with E-state index in [0.717, 1.165) is 12.3 Å². The van der Waals surface area contributed by atoms with Crippen LogP contribution in [0.15, 0.2) is 4.99 Å². The third-order valence-corrected chi connectivity index (χ3v) is 5.49. The molecule has 0 aromatic heterocycles. The van der Waals surface area contributed by atoms with E-state index in [0.29, 0.717) is 12.0 Å². The number of fused-ring (bicyclic) bond motifs is 2. The van der Waals surface area contributed by atoms with E-state index in [1.807, 2.05) is 13.8 Å². The number of carbonyl (C=O) groups is 1. The van der Waals surface area contributed by atoms with Crippen molar-refractivity contribution in [1.82, 2.24) is 0 Å². The van der Waals surface area contributed by atoms with Gasteiger partial charge in [-0.3, -0.25) is 4.99 Å². The Kier molecular flexibility index (Phi) is 3.28. The first-order valence-electron chi connectivity index (χ1n) is 7.06. The van der Waals surface area contributed by atoms with Crippen LogP contribution >= 0.6 is 0 Å². The van der Waals surface area contributed by atoms with E-state index < -0.39 is 0 Å². The van der Waals surface area contributed by atoms with Crippen LogP contribution in [0.2, 0.25) is 0 Å². The van der Waals surface area contributed by atoms with Crippen molar-refractivity contribution in [1.29, 1.82) is 0 Å². The van der Waals surface area contributed by atoms with Gasteiger partial charge in [0, 0.05) is 11.1 Å². The lowest BCUT2D eigenvalue weighted by Crippen LogP contribution is -2.34. The Bertz CT molecular complexity index is 386. The smallest absolute Gasteiger partial charge is 0.330 e. The zero-order chi connectivity index (χ0) is 13.6. The van der Waals surface area contributed by atoms with Gasteiger partial charge in [0.05, 0.1) is 6.61 Å². The molecule has 102 valence electrons. The topological polar surface area (TPSA) is 38.7 Å². The Balaban J connectivity index is 2.19. The van der Waals surface area contributed by atoms with E-state index in [1.165, 1.54) is 18.6 Å². The van der Waals surface area contributed by atoms with Crippen LogP contribution in [0.1, 0.15) is 53.9 Å². The van der Waals surface area contributed by atoms with Crippen molar-refractivity contribution in [2.24, 2.45) is 21.7 Å². The minimum Gasteiger partial charge on any atom is -0.464 e. The van der Waals surface area contributed by atoms with Crippen LogP contribution in [0.3, 0.4) is 0 Å². The molecule has 2 rings (SSSR count). The van der Waals surface area contributed by atoms with Crippen molar-refractivity contribution in [3.63, 3.8) is 0 Å². The number of carbonyl (C=O) groups excluding carboxylic acids is 1. The van der Waals surface area contributed by atoms with Crippen molar-refractivity contribution < 1.29 is 9.53 Å². The third kappa shape index (κ3) is 1.79. The fourth-order valence-electron chi connectivity index (χ4n) is 3.67. The molecule has 0 spiro atoms. The van der Waals surface area contributed by atoms with E-state index in [2.05, 4.69) is 25.8 Å². The molecule has 2 aliphatic rings. The SMILES string of the molecule is CCOC(=O)[C@H](C)N=C1C[C@H]2CC[C@]1(C)C2(C)C. The fraction of sp³-hybridized carbons (Fsp3) is 0.867. The summed E-state index contributed by atoms with van der Waals surface area (Å²) in [6.45, 7) is 11.1. The third-order valence-electron chi connectivity index (χ3n) is 5.49. The lowest BCUT2D eigenvalue weighted by molar-refractivity contribution is -0.144. The van der Waals surface area contributed by atoms with Crippen molar-refractivity contribution in [2.75, 3.05) is 6.61 Å². The first-order chi connectivity index (χ1) is 8.33. The Labute approximate surface area is 110 Å². The van der Waals surface area contributed by atoms with E-state index in [9.17, 15) is 4.79 Å². The molecule has 0 amide bonds. The summed E-state index contributed by atoms with van der Waals surface area (Å²) < 4.78 is 5.03. The number of ether oxygens (including phenoxy) is 1. The summed E-state index contributed by atoms with van der Waals surface area (Å²) in [4.78, 5) is 16.4. The van der Waals surface area contributed by atoms with Gasteiger partial charge in [0.15, 0.2) is 0 Å². The lowest BCUT2D eigenvalue weighted by Gasteiger charge is -2.34. The summed E-state index contributed by atoms with van der Waals surface area (Å²) >= 11 is 0. The van der Waals surface area contributed by atoms with Gasteiger partial charge in [0.1, 0.15) is 6.04 Å². The average Bonchev–Trinajstić information content (AvgIpc) is 2.62. The molecule has 0 aliphatic heterocycles. The highest BCUT2D eigenvalue weighted by molar-refractivity contribution is 5.95. The van der Waals surface area contributed by atoms with Crippen molar-refractivity contribution in [3.8, 4) is 0 Å². The molecular formula is C15H25NO2. The highest BCUT2D eigenvalue weighted by Crippen LogP contribution is 2.64. The molecule has 0 heterocycles. The molecule has 2 aliphatic carbocycles. The first kappa shape index (κ1) is 13.6. The molecule has 2 fully saturated rings. The Morgan fingerprint density at radius 1 is 1.50 bits per heavy atom. The van der Waals surface area contributed by atoms with Crippen LogP contribution < -0.4 is 0 Å². The predicted octanol–water partition coefficient (Wildman–Crippen LogP) is 3.23. The van der Waals surface area contributed by atoms with Gasteiger partial charge < -0.3 is 4.74 Å². The maximum Gasteiger partial charge on any atom is 0.330 e. The van der Waals surface area contributed by atoms with Crippen molar-refractivity contribution in [2.45, 2.75) is 59.9 Å². The van der Waals surface area contributed by atoms with Gasteiger partial charge in [-0.1, -0.05) is 20.8 Å². The number of aliphatic imine (C=N–C) groups is 1. The molecule has 0 saturated heterocycles. The van der Waals surface area contributed by atoms with E-state index in [-0.39, 0.29) is 17.4 Å². The molecule has 0 aromatic carbocycles. The molecule has 3 atom stereocenters. The van der Waals surface area contributed by atoms with Gasteiger partial charge in [-0.15, -0.1) is 0 Å². The zero-order valence-electron chi connectivity index (χ0n) is 12.2. The normalized spacial score (nSPS) is 36.9. The van der Waals surface area contributed by atoms with Gasteiger partial charge in [0.25, 0.3) is 0 Å². The number of hydrogen-bond donors (Lipinski definition) is 0. The van der Waals surface area contributed by atoms with Crippen LogP contribution in [-0.2, 0) is 9.53 Å². The quantitative estimate of drug-likeness (QED) is 0.722. The van der Waals surface area contributed by atoms with E-state index >= 15 is 0 Å². The summed E-state index contributed by atoms with van der Waals surface area (Å²) in [6.07, 6.45) is 3.57. The number of hydrogen-bond acceptors (Lipinski definition) is 3. The molecule has 0 radical (unpaired) electrons. The van der Waals surface area contributed by atoms with E-state index in [4.69, 9.17) is 4.74 Å². The molecular weight excluding hydrogens is 226 g/mol. The number of esters is 1. The van der Waals surface area contributed by atoms with Crippen LogP contribution in [0.25, 0.3) is 0 Å². The zero-order valence-corrected chi connectivity index (χ0v) is 12.2. The second-order valence-corrected chi connectivity index (χ2v) is 6.50. The molecule has 3 heteroatoms. The monoisotopic (exact) mass is 251 g/mol. The standard InChI is InChI=1S/C15H25NO2/c1-6-18-13(17)10(2)16-12-9-11-7-8-15(12,5)14(11,3)4/h10-11H,6-9H2,1-5H3/t10-,11+,15-/m0/s1. The highest BCUT2D eigenvalue weighted by Gasteiger charge is 2.59. The molecule has 2 bridgehead atoms. The van der Waals surface area contributed by atoms with Gasteiger partial charge in [-0.25, -0.2) is 4.79 Å². The second-order valence-electron chi connectivity index (χ2n) is 6.50. The summed E-state index contributed by atoms with van der Waals surface area (Å²) in [6, 6.07) is -0.355. The van der Waals surface area contributed by atoms with Gasteiger partial charge in [-0.2, -0.15) is 0 Å². The van der Waals surface area contributed by atoms with Gasteiger partial charge >= 0.3 is 5.97 Å². The summed E-state index contributed by atoms with van der Waals surface area (Å²) in [5.74, 6) is 0.532. The molecule has 3 nitrogen and oxygen atoms in total. The number of nitrogens with zero attached hydrogens (tertiary/aromatic N) is 1. The minimum absolute atomic E-state index is 0.179. The Morgan fingerprint density at radius 2 is 2.17 bits per heavy atom. The average molecular weight is 251 g/mol. The van der Waals surface area contributed by atoms with Crippen LogP contribution in [0.5, 0.6) is 0 Å². The summed E-state index contributed by atoms with van der Waals surface area (Å²) in [7, 11) is 0. The molecule has 2 saturated carbocycles. The van der Waals surface area contributed by atoms with E-state index in [1.54, 1.807) is 0 Å². The maximum absolute atomic E-state index is 11.7. The molecule has 0 unspecified atom stereocenters. The second kappa shape index (κ2) is 4.36. The minimum atomic E-state index is -0.355. The summed E-state index contributed by atoms with van der Waals surface area (Å²) in [5, 5.41) is 0. The van der Waals surface area contributed by atoms with Crippen LogP contribution in [0, 0.1) is 16.7 Å². The van der Waals surface area contributed by atoms with Crippen LogP contribution in [-0.4, -0.2) is 24.3 Å². The maximum atomic E-state index is 11.7. The van der Waals surface area contributed by atoms with Gasteiger partial charge in [0.2, 0.25) is 0 Å². The Hall–Kier alpha value is -0.860. The molecule has 18 heavy (non-hydrogen) atoms.